The zero-order valence-corrected chi connectivity index (χ0v) is 17.9. The fourth-order valence-corrected chi connectivity index (χ4v) is 4.18. The molecule has 0 saturated carbocycles. The maximum absolute atomic E-state index is 13.0. The fraction of sp³-hybridized carbons (Fsp3) is 0.238. The molecule has 1 amide bonds. The molecule has 0 aliphatic carbocycles. The highest BCUT2D eigenvalue weighted by atomic mass is 35.5. The van der Waals surface area contributed by atoms with Crippen LogP contribution in [0.25, 0.3) is 11.0 Å². The normalized spacial score (nSPS) is 11.3. The van der Waals surface area contributed by atoms with Gasteiger partial charge in [-0.05, 0) is 38.5 Å². The zero-order chi connectivity index (χ0) is 20.5. The number of carbonyl (C=O) groups is 1. The van der Waals surface area contributed by atoms with E-state index in [1.807, 2.05) is 49.7 Å². The Bertz CT molecular complexity index is 1200. The van der Waals surface area contributed by atoms with Gasteiger partial charge in [-0.1, -0.05) is 29.8 Å². The Labute approximate surface area is 177 Å². The number of fused-ring (bicyclic) bond motifs is 1. The summed E-state index contributed by atoms with van der Waals surface area (Å²) in [5.41, 5.74) is 3.05. The van der Waals surface area contributed by atoms with Crippen LogP contribution >= 0.6 is 22.9 Å². The van der Waals surface area contributed by atoms with Crippen molar-refractivity contribution in [2.45, 2.75) is 33.2 Å². The summed E-state index contributed by atoms with van der Waals surface area (Å²) in [6, 6.07) is 9.66. The van der Waals surface area contributed by atoms with E-state index in [0.717, 1.165) is 26.5 Å². The third-order valence-corrected chi connectivity index (χ3v) is 5.81. The molecule has 0 unspecified atom stereocenters. The Hall–Kier alpha value is -2.77. The molecule has 4 rings (SSSR count). The summed E-state index contributed by atoms with van der Waals surface area (Å²) in [4.78, 5) is 22.9. The van der Waals surface area contributed by atoms with Gasteiger partial charge in [-0.15, -0.1) is 11.3 Å². The standard InChI is InChI=1S/C21H20ClN5OS/c1-12(2)27-19-17(11-24-27)16(8-13(3)25-19)20(28)26-21-23-10-15(29-21)9-14-6-4-5-7-18(14)22/h4-8,10-12H,9H2,1-3H3,(H,23,26,28). The van der Waals surface area contributed by atoms with Gasteiger partial charge >= 0.3 is 0 Å². The van der Waals surface area contributed by atoms with Gasteiger partial charge in [-0.2, -0.15) is 5.10 Å². The van der Waals surface area contributed by atoms with Crippen molar-refractivity contribution in [1.82, 2.24) is 19.7 Å². The van der Waals surface area contributed by atoms with Gasteiger partial charge < -0.3 is 0 Å². The Morgan fingerprint density at radius 2 is 2.07 bits per heavy atom. The Kier molecular flexibility index (Phi) is 5.34. The van der Waals surface area contributed by atoms with Crippen LogP contribution < -0.4 is 5.32 Å². The number of amides is 1. The molecule has 0 atom stereocenters. The summed E-state index contributed by atoms with van der Waals surface area (Å²) in [5, 5.41) is 9.31. The van der Waals surface area contributed by atoms with Crippen molar-refractivity contribution >= 4 is 45.0 Å². The lowest BCUT2D eigenvalue weighted by Gasteiger charge is -2.08. The van der Waals surface area contributed by atoms with E-state index in [9.17, 15) is 4.79 Å². The molecule has 1 N–H and O–H groups in total. The highest BCUT2D eigenvalue weighted by Gasteiger charge is 2.18. The van der Waals surface area contributed by atoms with Crippen LogP contribution in [0.4, 0.5) is 5.13 Å². The van der Waals surface area contributed by atoms with Crippen LogP contribution in [0.3, 0.4) is 0 Å². The highest BCUT2D eigenvalue weighted by Crippen LogP contribution is 2.26. The van der Waals surface area contributed by atoms with Crippen molar-refractivity contribution in [3.8, 4) is 0 Å². The number of hydrogen-bond acceptors (Lipinski definition) is 5. The average Bonchev–Trinajstić information content (AvgIpc) is 3.29. The molecule has 3 heterocycles. The third kappa shape index (κ3) is 4.02. The van der Waals surface area contributed by atoms with Crippen LogP contribution in [0.15, 0.2) is 42.7 Å². The Balaban J connectivity index is 1.58. The summed E-state index contributed by atoms with van der Waals surface area (Å²) in [6.45, 7) is 5.94. The van der Waals surface area contributed by atoms with E-state index in [1.165, 1.54) is 11.3 Å². The van der Waals surface area contributed by atoms with Crippen molar-refractivity contribution < 1.29 is 4.79 Å². The molecule has 4 aromatic rings. The van der Waals surface area contributed by atoms with Gasteiger partial charge in [0.15, 0.2) is 10.8 Å². The number of pyridine rings is 1. The molecule has 148 valence electrons. The minimum Gasteiger partial charge on any atom is -0.298 e. The van der Waals surface area contributed by atoms with Gasteiger partial charge in [0.2, 0.25) is 0 Å². The van der Waals surface area contributed by atoms with Gasteiger partial charge in [0.1, 0.15) is 0 Å². The Morgan fingerprint density at radius 1 is 1.28 bits per heavy atom. The van der Waals surface area contributed by atoms with Crippen LogP contribution in [0.5, 0.6) is 0 Å². The summed E-state index contributed by atoms with van der Waals surface area (Å²) in [7, 11) is 0. The van der Waals surface area contributed by atoms with E-state index >= 15 is 0 Å². The lowest BCUT2D eigenvalue weighted by Crippen LogP contribution is -2.13. The van der Waals surface area contributed by atoms with Crippen molar-refractivity contribution in [3.05, 3.63) is 69.4 Å². The van der Waals surface area contributed by atoms with Crippen molar-refractivity contribution in [2.75, 3.05) is 5.32 Å². The van der Waals surface area contributed by atoms with Crippen LogP contribution in [-0.4, -0.2) is 25.7 Å². The first-order valence-corrected chi connectivity index (χ1v) is 10.5. The highest BCUT2D eigenvalue weighted by molar-refractivity contribution is 7.15. The summed E-state index contributed by atoms with van der Waals surface area (Å²) < 4.78 is 1.82. The maximum atomic E-state index is 13.0. The Morgan fingerprint density at radius 3 is 2.83 bits per heavy atom. The van der Waals surface area contributed by atoms with E-state index in [2.05, 4.69) is 20.4 Å². The number of nitrogens with zero attached hydrogens (tertiary/aromatic N) is 4. The first-order valence-electron chi connectivity index (χ1n) is 9.26. The molecule has 0 spiro atoms. The molecule has 6 nitrogen and oxygen atoms in total. The van der Waals surface area contributed by atoms with Crippen LogP contribution in [0.1, 0.15) is 46.4 Å². The quantitative estimate of drug-likeness (QED) is 0.472. The van der Waals surface area contributed by atoms with E-state index in [4.69, 9.17) is 11.6 Å². The number of aryl methyl sites for hydroxylation is 1. The number of thiazole rings is 1. The van der Waals surface area contributed by atoms with Gasteiger partial charge in [0.25, 0.3) is 5.91 Å². The SMILES string of the molecule is Cc1cc(C(=O)Nc2ncc(Cc3ccccc3Cl)s2)c2cnn(C(C)C)c2n1. The number of aromatic nitrogens is 4. The van der Waals surface area contributed by atoms with Gasteiger partial charge in [-0.3, -0.25) is 10.1 Å². The summed E-state index contributed by atoms with van der Waals surface area (Å²) in [5.74, 6) is -0.220. The predicted molar refractivity (Wildman–Crippen MR) is 117 cm³/mol. The molecular formula is C21H20ClN5OS. The molecule has 3 aromatic heterocycles. The van der Waals surface area contributed by atoms with E-state index in [1.54, 1.807) is 18.5 Å². The number of carbonyl (C=O) groups excluding carboxylic acids is 1. The number of halogens is 1. The molecule has 8 heteroatoms. The van der Waals surface area contributed by atoms with E-state index in [0.29, 0.717) is 22.8 Å². The van der Waals surface area contributed by atoms with Crippen LogP contribution in [0, 0.1) is 6.92 Å². The molecule has 0 saturated heterocycles. The minimum absolute atomic E-state index is 0.157. The second kappa shape index (κ2) is 7.93. The molecule has 0 bridgehead atoms. The van der Waals surface area contributed by atoms with Crippen molar-refractivity contribution in [3.63, 3.8) is 0 Å². The largest absolute Gasteiger partial charge is 0.298 e. The molecular weight excluding hydrogens is 406 g/mol. The first-order chi connectivity index (χ1) is 13.9. The number of anilines is 1. The van der Waals surface area contributed by atoms with Crippen molar-refractivity contribution in [1.29, 1.82) is 0 Å². The monoisotopic (exact) mass is 425 g/mol. The van der Waals surface area contributed by atoms with Crippen LogP contribution in [0.2, 0.25) is 5.02 Å². The fourth-order valence-electron chi connectivity index (χ4n) is 3.15. The van der Waals surface area contributed by atoms with Gasteiger partial charge in [-0.25, -0.2) is 14.6 Å². The lowest BCUT2D eigenvalue weighted by molar-refractivity contribution is 0.102. The molecule has 0 aliphatic rings. The molecule has 1 aromatic carbocycles. The van der Waals surface area contributed by atoms with Crippen molar-refractivity contribution in [2.24, 2.45) is 0 Å². The number of benzene rings is 1. The average molecular weight is 426 g/mol. The second-order valence-electron chi connectivity index (χ2n) is 7.09. The molecule has 0 fully saturated rings. The molecule has 0 aliphatic heterocycles. The summed E-state index contributed by atoms with van der Waals surface area (Å²) in [6.07, 6.45) is 4.14. The van der Waals surface area contributed by atoms with Gasteiger partial charge in [0.05, 0.1) is 17.1 Å². The lowest BCUT2D eigenvalue weighted by atomic mass is 10.1. The van der Waals surface area contributed by atoms with E-state index < -0.39 is 0 Å². The third-order valence-electron chi connectivity index (χ3n) is 4.53. The summed E-state index contributed by atoms with van der Waals surface area (Å²) >= 11 is 7.68. The molecule has 29 heavy (non-hydrogen) atoms. The number of rotatable bonds is 5. The second-order valence-corrected chi connectivity index (χ2v) is 8.61. The smallest absolute Gasteiger partial charge is 0.258 e. The minimum atomic E-state index is -0.220. The topological polar surface area (TPSA) is 72.7 Å². The van der Waals surface area contributed by atoms with Gasteiger partial charge in [0, 0.05) is 34.3 Å². The van der Waals surface area contributed by atoms with E-state index in [-0.39, 0.29) is 11.9 Å². The predicted octanol–water partition coefficient (Wildman–Crippen LogP) is 5.27. The molecule has 0 radical (unpaired) electrons. The number of nitrogens with one attached hydrogen (secondary N) is 1. The zero-order valence-electron chi connectivity index (χ0n) is 16.3. The van der Waals surface area contributed by atoms with Crippen LogP contribution in [-0.2, 0) is 6.42 Å². The number of hydrogen-bond donors (Lipinski definition) is 1. The first kappa shape index (κ1) is 19.5. The maximum Gasteiger partial charge on any atom is 0.258 e.